The lowest BCUT2D eigenvalue weighted by Gasteiger charge is -2.40. The molecule has 9 heteroatoms. The van der Waals surface area contributed by atoms with Crippen LogP contribution in [0.3, 0.4) is 0 Å². The van der Waals surface area contributed by atoms with Crippen molar-refractivity contribution >= 4 is 17.5 Å². The number of carbonyl (C=O) groups excluding carboxylic acids is 2. The highest BCUT2D eigenvalue weighted by atomic mass is 19.3. The summed E-state index contributed by atoms with van der Waals surface area (Å²) in [4.78, 5) is 34.6. The first-order chi connectivity index (χ1) is 18.5. The van der Waals surface area contributed by atoms with Crippen LogP contribution in [0.1, 0.15) is 65.6 Å². The van der Waals surface area contributed by atoms with E-state index in [-0.39, 0.29) is 28.8 Å². The average Bonchev–Trinajstić information content (AvgIpc) is 3.21. The molecule has 1 aromatic heterocycles. The van der Waals surface area contributed by atoms with Crippen LogP contribution in [0.2, 0.25) is 0 Å². The Kier molecular flexibility index (Phi) is 6.86. The summed E-state index contributed by atoms with van der Waals surface area (Å²) in [5.41, 5.74) is 2.48. The molecule has 0 bridgehead atoms. The van der Waals surface area contributed by atoms with Gasteiger partial charge in [0.05, 0.1) is 5.56 Å². The zero-order chi connectivity index (χ0) is 27.9. The Morgan fingerprint density at radius 1 is 0.949 bits per heavy atom. The highest BCUT2D eigenvalue weighted by Gasteiger charge is 2.47. The summed E-state index contributed by atoms with van der Waals surface area (Å²) in [6.45, 7) is 4.48. The van der Waals surface area contributed by atoms with E-state index in [4.69, 9.17) is 0 Å². The minimum absolute atomic E-state index is 0.0396. The second kappa shape index (κ2) is 10.0. The molecule has 1 spiro atoms. The fraction of sp³-hybridized carbons (Fsp3) is 0.367. The van der Waals surface area contributed by atoms with Crippen molar-refractivity contribution in [3.63, 3.8) is 0 Å². The lowest BCUT2D eigenvalue weighted by molar-refractivity contribution is -0.0498. The van der Waals surface area contributed by atoms with E-state index in [9.17, 15) is 22.8 Å². The van der Waals surface area contributed by atoms with Crippen molar-refractivity contribution in [3.8, 4) is 5.75 Å². The van der Waals surface area contributed by atoms with Crippen LogP contribution in [0.25, 0.3) is 0 Å². The van der Waals surface area contributed by atoms with Gasteiger partial charge in [0.2, 0.25) is 0 Å². The van der Waals surface area contributed by atoms with E-state index in [0.717, 1.165) is 11.3 Å². The molecule has 0 unspecified atom stereocenters. The summed E-state index contributed by atoms with van der Waals surface area (Å²) in [6, 6.07) is 13.6. The van der Waals surface area contributed by atoms with E-state index in [0.29, 0.717) is 49.3 Å². The number of rotatable bonds is 4. The van der Waals surface area contributed by atoms with Gasteiger partial charge in [0, 0.05) is 53.6 Å². The monoisotopic (exact) mass is 537 g/mol. The number of hydrogen-bond donors (Lipinski definition) is 0. The van der Waals surface area contributed by atoms with Crippen molar-refractivity contribution in [3.05, 3.63) is 89.0 Å². The Morgan fingerprint density at radius 3 is 2.21 bits per heavy atom. The van der Waals surface area contributed by atoms with E-state index >= 15 is 0 Å². The Bertz CT molecular complexity index is 1380. The zero-order valence-electron chi connectivity index (χ0n) is 22.1. The third-order valence-electron chi connectivity index (χ3n) is 7.64. The summed E-state index contributed by atoms with van der Waals surface area (Å²) in [5.74, 6) is -0.845. The second-order valence-corrected chi connectivity index (χ2v) is 11.2. The molecule has 2 aliphatic heterocycles. The predicted octanol–water partition coefficient (Wildman–Crippen LogP) is 5.95. The van der Waals surface area contributed by atoms with E-state index in [1.54, 1.807) is 28.1 Å². The molecule has 5 rings (SSSR count). The number of aromatic nitrogens is 1. The maximum Gasteiger partial charge on any atom is 0.387 e. The Morgan fingerprint density at radius 2 is 1.62 bits per heavy atom. The maximum atomic E-state index is 14.4. The molecular formula is C30H30F3N3O3. The van der Waals surface area contributed by atoms with Gasteiger partial charge < -0.3 is 14.5 Å². The van der Waals surface area contributed by atoms with Crippen LogP contribution in [0, 0.1) is 5.82 Å². The largest absolute Gasteiger partial charge is 0.435 e. The Labute approximate surface area is 225 Å². The fourth-order valence-corrected chi connectivity index (χ4v) is 5.47. The van der Waals surface area contributed by atoms with Gasteiger partial charge in [0.15, 0.2) is 0 Å². The molecule has 0 radical (unpaired) electrons. The molecular weight excluding hydrogens is 507 g/mol. The van der Waals surface area contributed by atoms with Crippen LogP contribution < -0.4 is 9.64 Å². The minimum atomic E-state index is -2.95. The second-order valence-electron chi connectivity index (χ2n) is 11.2. The van der Waals surface area contributed by atoms with Crippen LogP contribution in [-0.4, -0.2) is 47.9 Å². The average molecular weight is 538 g/mol. The van der Waals surface area contributed by atoms with Crippen molar-refractivity contribution in [1.29, 1.82) is 0 Å². The van der Waals surface area contributed by atoms with E-state index in [2.05, 4.69) is 30.5 Å². The molecule has 0 atom stereocenters. The molecule has 1 saturated heterocycles. The molecule has 39 heavy (non-hydrogen) atoms. The van der Waals surface area contributed by atoms with E-state index in [1.165, 1.54) is 36.4 Å². The maximum absolute atomic E-state index is 14.4. The highest BCUT2D eigenvalue weighted by molar-refractivity contribution is 6.08. The number of carbonyl (C=O) groups is 2. The predicted molar refractivity (Wildman–Crippen MR) is 141 cm³/mol. The van der Waals surface area contributed by atoms with Gasteiger partial charge in [0.1, 0.15) is 11.6 Å². The van der Waals surface area contributed by atoms with Crippen molar-refractivity contribution in [1.82, 2.24) is 9.88 Å². The van der Waals surface area contributed by atoms with Crippen molar-refractivity contribution in [2.24, 2.45) is 0 Å². The number of likely N-dealkylation sites (tertiary alicyclic amines) is 1. The van der Waals surface area contributed by atoms with Crippen molar-refractivity contribution < 1.29 is 27.5 Å². The van der Waals surface area contributed by atoms with E-state index < -0.39 is 12.0 Å². The quantitative estimate of drug-likeness (QED) is 0.413. The number of nitrogens with zero attached hydrogens (tertiary/aromatic N) is 3. The van der Waals surface area contributed by atoms with Gasteiger partial charge in [0.25, 0.3) is 11.8 Å². The molecule has 0 saturated carbocycles. The summed E-state index contributed by atoms with van der Waals surface area (Å²) in [6.07, 6.45) is 2.74. The zero-order valence-corrected chi connectivity index (χ0v) is 22.1. The number of amides is 2. The molecule has 2 amide bonds. The molecule has 2 aromatic carbocycles. The van der Waals surface area contributed by atoms with Crippen LogP contribution in [0.15, 0.2) is 60.8 Å². The number of ether oxygens (including phenoxy) is 1. The number of halogens is 3. The van der Waals surface area contributed by atoms with Gasteiger partial charge in [-0.1, -0.05) is 20.8 Å². The molecule has 2 aliphatic rings. The van der Waals surface area contributed by atoms with Gasteiger partial charge in [-0.3, -0.25) is 14.6 Å². The number of fused-ring (bicyclic) bond motifs is 2. The molecule has 3 heterocycles. The van der Waals surface area contributed by atoms with Gasteiger partial charge in [-0.05, 0) is 73.0 Å². The normalized spacial score (nSPS) is 16.5. The third-order valence-corrected chi connectivity index (χ3v) is 7.64. The lowest BCUT2D eigenvalue weighted by Crippen LogP contribution is -2.47. The van der Waals surface area contributed by atoms with Gasteiger partial charge >= 0.3 is 6.61 Å². The number of anilines is 1. The summed E-state index contributed by atoms with van der Waals surface area (Å²) in [5, 5.41) is 0. The highest BCUT2D eigenvalue weighted by Crippen LogP contribution is 2.48. The Balaban J connectivity index is 1.34. The molecule has 204 valence electrons. The first kappa shape index (κ1) is 26.7. The molecule has 0 aliphatic carbocycles. The van der Waals surface area contributed by atoms with Crippen molar-refractivity contribution in [2.45, 2.75) is 51.1 Å². The number of piperidine rings is 1. The topological polar surface area (TPSA) is 62.7 Å². The molecule has 6 nitrogen and oxygen atoms in total. The molecule has 0 N–H and O–H groups in total. The molecule has 3 aromatic rings. The van der Waals surface area contributed by atoms with Gasteiger partial charge in [-0.15, -0.1) is 0 Å². The number of pyridine rings is 1. The fourth-order valence-electron chi connectivity index (χ4n) is 5.47. The summed E-state index contributed by atoms with van der Waals surface area (Å²) < 4.78 is 43.8. The van der Waals surface area contributed by atoms with Crippen molar-refractivity contribution in [2.75, 3.05) is 24.5 Å². The SMILES string of the molecule is CC(C)(C)c1ccc(C(=O)N2CCC3(CC2)CN(C(=O)c2ccc(OC(F)F)cc2)c2ccc(F)cc23)cn1. The van der Waals surface area contributed by atoms with Crippen LogP contribution >= 0.6 is 0 Å². The summed E-state index contributed by atoms with van der Waals surface area (Å²) >= 11 is 0. The smallest absolute Gasteiger partial charge is 0.387 e. The first-order valence-electron chi connectivity index (χ1n) is 12.9. The summed E-state index contributed by atoms with van der Waals surface area (Å²) in [7, 11) is 0. The number of alkyl halides is 2. The Hall–Kier alpha value is -3.88. The van der Waals surface area contributed by atoms with E-state index in [1.807, 2.05) is 6.07 Å². The van der Waals surface area contributed by atoms with Crippen LogP contribution in [0.5, 0.6) is 5.75 Å². The lowest BCUT2D eigenvalue weighted by atomic mass is 9.74. The third kappa shape index (κ3) is 5.22. The number of hydrogen-bond acceptors (Lipinski definition) is 4. The molecule has 1 fully saturated rings. The number of benzene rings is 2. The standard InChI is InChI=1S/C30H30F3N3O3/c1-29(2,3)25-11-6-20(17-34-25)26(37)35-14-12-30(13-15-35)18-36(24-10-7-21(31)16-23(24)30)27(38)19-4-8-22(9-5-19)39-28(32)33/h4-11,16-17,28H,12-15,18H2,1-3H3. The van der Waals surface area contributed by atoms with Crippen LogP contribution in [0.4, 0.5) is 18.9 Å². The van der Waals surface area contributed by atoms with Gasteiger partial charge in [-0.2, -0.15) is 8.78 Å². The van der Waals surface area contributed by atoms with Crippen LogP contribution in [-0.2, 0) is 10.8 Å². The minimum Gasteiger partial charge on any atom is -0.435 e. The van der Waals surface area contributed by atoms with Gasteiger partial charge in [-0.25, -0.2) is 4.39 Å². The first-order valence-corrected chi connectivity index (χ1v) is 12.9.